The molecular formula is C29H34FN3O2. The first-order valence-corrected chi connectivity index (χ1v) is 12.4. The number of benzene rings is 2. The van der Waals surface area contributed by atoms with Crippen molar-refractivity contribution >= 4 is 5.78 Å². The molecule has 35 heavy (non-hydrogen) atoms. The minimum atomic E-state index is -0.549. The summed E-state index contributed by atoms with van der Waals surface area (Å²) in [5.74, 6) is -0.0236. The molecule has 0 atom stereocenters. The zero-order valence-corrected chi connectivity index (χ0v) is 20.5. The first-order chi connectivity index (χ1) is 17.1. The number of nitrogens with zero attached hydrogens (tertiary/aromatic N) is 3. The highest BCUT2D eigenvalue weighted by Crippen LogP contribution is 2.24. The average molecular weight is 476 g/mol. The van der Waals surface area contributed by atoms with Gasteiger partial charge in [0.05, 0.1) is 0 Å². The van der Waals surface area contributed by atoms with E-state index in [9.17, 15) is 9.18 Å². The highest BCUT2D eigenvalue weighted by molar-refractivity contribution is 5.81. The molecule has 0 amide bonds. The van der Waals surface area contributed by atoms with E-state index in [0.717, 1.165) is 56.7 Å². The molecule has 0 saturated carbocycles. The zero-order chi connectivity index (χ0) is 24.5. The van der Waals surface area contributed by atoms with E-state index in [1.807, 2.05) is 42.5 Å². The summed E-state index contributed by atoms with van der Waals surface area (Å²) in [6.45, 7) is 5.46. The van der Waals surface area contributed by atoms with Crippen LogP contribution >= 0.6 is 0 Å². The van der Waals surface area contributed by atoms with Gasteiger partial charge in [-0.05, 0) is 42.6 Å². The second kappa shape index (κ2) is 12.6. The van der Waals surface area contributed by atoms with Crippen LogP contribution in [0.5, 0.6) is 5.88 Å². The van der Waals surface area contributed by atoms with Crippen LogP contribution in [0.15, 0.2) is 66.7 Å². The molecule has 4 rings (SSSR count). The van der Waals surface area contributed by atoms with Crippen LogP contribution in [0.4, 0.5) is 4.39 Å². The van der Waals surface area contributed by atoms with Crippen molar-refractivity contribution in [3.8, 4) is 17.0 Å². The summed E-state index contributed by atoms with van der Waals surface area (Å²) < 4.78 is 20.4. The second-order valence-corrected chi connectivity index (χ2v) is 9.23. The largest absolute Gasteiger partial charge is 0.476 e. The molecule has 0 unspecified atom stereocenters. The third-order valence-corrected chi connectivity index (χ3v) is 6.51. The fourth-order valence-corrected chi connectivity index (χ4v) is 4.32. The van der Waals surface area contributed by atoms with E-state index >= 15 is 0 Å². The SMILES string of the molecule is CN1CCN(CCOc2ccc(-c3ccc(CC(=O)CCCc4ccccc4)cc3)c(F)n2)CC1. The number of ketones is 1. The molecule has 1 aliphatic rings. The topological polar surface area (TPSA) is 45.7 Å². The van der Waals surface area contributed by atoms with Gasteiger partial charge in [0.25, 0.3) is 0 Å². The Labute approximate surface area is 207 Å². The predicted octanol–water partition coefficient (Wildman–Crippen LogP) is 4.65. The number of halogens is 1. The van der Waals surface area contributed by atoms with Gasteiger partial charge >= 0.3 is 0 Å². The number of carbonyl (C=O) groups is 1. The number of carbonyl (C=O) groups excluding carboxylic acids is 1. The molecule has 3 aromatic rings. The summed E-state index contributed by atoms with van der Waals surface area (Å²) in [7, 11) is 2.13. The maximum atomic E-state index is 14.7. The van der Waals surface area contributed by atoms with E-state index in [4.69, 9.17) is 4.74 Å². The van der Waals surface area contributed by atoms with Crippen LogP contribution in [0.3, 0.4) is 0 Å². The minimum Gasteiger partial charge on any atom is -0.476 e. The number of aryl methyl sites for hydroxylation is 1. The maximum Gasteiger partial charge on any atom is 0.224 e. The van der Waals surface area contributed by atoms with E-state index in [1.165, 1.54) is 5.56 Å². The molecule has 0 radical (unpaired) electrons. The molecule has 5 nitrogen and oxygen atoms in total. The lowest BCUT2D eigenvalue weighted by Crippen LogP contribution is -2.45. The molecule has 1 saturated heterocycles. The highest BCUT2D eigenvalue weighted by atomic mass is 19.1. The van der Waals surface area contributed by atoms with E-state index in [0.29, 0.717) is 30.9 Å². The number of likely N-dealkylation sites (N-methyl/N-ethyl adjacent to an activating group) is 1. The Morgan fingerprint density at radius 3 is 2.40 bits per heavy atom. The fraction of sp³-hybridized carbons (Fsp3) is 0.379. The van der Waals surface area contributed by atoms with E-state index < -0.39 is 5.95 Å². The van der Waals surface area contributed by atoms with E-state index in [1.54, 1.807) is 12.1 Å². The predicted molar refractivity (Wildman–Crippen MR) is 137 cm³/mol. The normalized spacial score (nSPS) is 14.7. The monoisotopic (exact) mass is 475 g/mol. The Kier molecular flexibility index (Phi) is 8.98. The second-order valence-electron chi connectivity index (χ2n) is 9.23. The summed E-state index contributed by atoms with van der Waals surface area (Å²) in [5.41, 5.74) is 3.36. The summed E-state index contributed by atoms with van der Waals surface area (Å²) in [6.07, 6.45) is 2.72. The Morgan fingerprint density at radius 1 is 0.943 bits per heavy atom. The number of piperazine rings is 1. The minimum absolute atomic E-state index is 0.222. The highest BCUT2D eigenvalue weighted by Gasteiger charge is 2.14. The average Bonchev–Trinajstić information content (AvgIpc) is 2.87. The van der Waals surface area contributed by atoms with Crippen molar-refractivity contribution in [2.24, 2.45) is 0 Å². The number of aromatic nitrogens is 1. The van der Waals surface area contributed by atoms with Crippen molar-refractivity contribution in [2.45, 2.75) is 25.7 Å². The van der Waals surface area contributed by atoms with Crippen molar-refractivity contribution in [1.29, 1.82) is 0 Å². The van der Waals surface area contributed by atoms with E-state index in [2.05, 4.69) is 34.0 Å². The zero-order valence-electron chi connectivity index (χ0n) is 20.5. The van der Waals surface area contributed by atoms with Gasteiger partial charge in [-0.3, -0.25) is 9.69 Å². The number of hydrogen-bond donors (Lipinski definition) is 0. The number of ether oxygens (including phenoxy) is 1. The van der Waals surface area contributed by atoms with Crippen molar-refractivity contribution in [2.75, 3.05) is 46.4 Å². The lowest BCUT2D eigenvalue weighted by molar-refractivity contribution is -0.118. The van der Waals surface area contributed by atoms with Crippen LogP contribution in [0.25, 0.3) is 11.1 Å². The number of hydrogen-bond acceptors (Lipinski definition) is 5. The number of rotatable bonds is 11. The summed E-state index contributed by atoms with van der Waals surface area (Å²) >= 11 is 0. The Balaban J connectivity index is 1.24. The molecule has 6 heteroatoms. The van der Waals surface area contributed by atoms with Crippen LogP contribution in [0.2, 0.25) is 0 Å². The van der Waals surface area contributed by atoms with Gasteiger partial charge in [-0.25, -0.2) is 0 Å². The summed E-state index contributed by atoms with van der Waals surface area (Å²) in [5, 5.41) is 0. The Bertz CT molecular complexity index is 1080. The summed E-state index contributed by atoms with van der Waals surface area (Å²) in [4.78, 5) is 21.0. The van der Waals surface area contributed by atoms with Crippen LogP contribution in [0.1, 0.15) is 24.0 Å². The van der Waals surface area contributed by atoms with Crippen LogP contribution in [-0.4, -0.2) is 66.9 Å². The molecule has 184 valence electrons. The van der Waals surface area contributed by atoms with Crippen molar-refractivity contribution < 1.29 is 13.9 Å². The smallest absolute Gasteiger partial charge is 0.224 e. The Morgan fingerprint density at radius 2 is 1.69 bits per heavy atom. The molecule has 0 bridgehead atoms. The number of Topliss-reactive ketones (excluding diaryl/α,β-unsaturated/α-hetero) is 1. The van der Waals surface area contributed by atoms with Gasteiger partial charge in [-0.15, -0.1) is 0 Å². The maximum absolute atomic E-state index is 14.7. The van der Waals surface area contributed by atoms with Crippen molar-refractivity contribution in [1.82, 2.24) is 14.8 Å². The first-order valence-electron chi connectivity index (χ1n) is 12.4. The van der Waals surface area contributed by atoms with Gasteiger partial charge in [0.2, 0.25) is 11.8 Å². The van der Waals surface area contributed by atoms with Gasteiger partial charge < -0.3 is 9.64 Å². The fourth-order valence-electron chi connectivity index (χ4n) is 4.32. The van der Waals surface area contributed by atoms with Crippen molar-refractivity contribution in [3.63, 3.8) is 0 Å². The van der Waals surface area contributed by atoms with Crippen LogP contribution in [0, 0.1) is 5.95 Å². The van der Waals surface area contributed by atoms with E-state index in [-0.39, 0.29) is 5.78 Å². The first kappa shape index (κ1) is 25.0. The molecule has 2 heterocycles. The molecule has 0 aliphatic carbocycles. The molecule has 0 N–H and O–H groups in total. The quantitative estimate of drug-likeness (QED) is 0.378. The lowest BCUT2D eigenvalue weighted by atomic mass is 10.00. The molecule has 2 aromatic carbocycles. The third-order valence-electron chi connectivity index (χ3n) is 6.51. The molecular weight excluding hydrogens is 441 g/mol. The van der Waals surface area contributed by atoms with Gasteiger partial charge in [0.1, 0.15) is 12.4 Å². The van der Waals surface area contributed by atoms with Crippen LogP contribution in [-0.2, 0) is 17.6 Å². The van der Waals surface area contributed by atoms with Gasteiger partial charge in [0, 0.05) is 57.2 Å². The van der Waals surface area contributed by atoms with Gasteiger partial charge in [-0.2, -0.15) is 9.37 Å². The molecule has 1 fully saturated rings. The number of pyridine rings is 1. The van der Waals surface area contributed by atoms with Gasteiger partial charge in [0.15, 0.2) is 0 Å². The van der Waals surface area contributed by atoms with Crippen molar-refractivity contribution in [3.05, 3.63) is 83.8 Å². The summed E-state index contributed by atoms with van der Waals surface area (Å²) in [6, 6.07) is 21.1. The lowest BCUT2D eigenvalue weighted by Gasteiger charge is -2.32. The van der Waals surface area contributed by atoms with Crippen LogP contribution < -0.4 is 4.74 Å². The standard InChI is InChI=1S/C29H34FN3O2/c1-32-16-18-33(19-17-32)20-21-35-28-15-14-27(29(30)31-28)25-12-10-24(11-13-25)22-26(34)9-5-8-23-6-3-2-4-7-23/h2-4,6-7,10-15H,5,8-9,16-22H2,1H3. The molecule has 0 spiro atoms. The van der Waals surface area contributed by atoms with Gasteiger partial charge in [-0.1, -0.05) is 54.6 Å². The molecule has 1 aromatic heterocycles. The molecule has 1 aliphatic heterocycles. The third kappa shape index (κ3) is 7.70. The Hall–Kier alpha value is -3.09.